The Balaban J connectivity index is 2.15. The van der Waals surface area contributed by atoms with E-state index in [0.29, 0.717) is 18.5 Å². The summed E-state index contributed by atoms with van der Waals surface area (Å²) in [5, 5.41) is 8.96. The minimum atomic E-state index is -1.04. The number of carboxylic acids is 1. The maximum atomic E-state index is 12.6. The van der Waals surface area contributed by atoms with Crippen LogP contribution in [0.1, 0.15) is 42.6 Å². The molecular formula is C17H22N2O4. The van der Waals surface area contributed by atoms with Gasteiger partial charge in [0.15, 0.2) is 0 Å². The van der Waals surface area contributed by atoms with Crippen LogP contribution in [0.5, 0.6) is 0 Å². The van der Waals surface area contributed by atoms with Gasteiger partial charge in [0.2, 0.25) is 5.91 Å². The molecule has 0 aromatic heterocycles. The number of aliphatic carboxylic acids is 1. The van der Waals surface area contributed by atoms with Crippen LogP contribution in [0, 0.1) is 0 Å². The minimum Gasteiger partial charge on any atom is -0.480 e. The van der Waals surface area contributed by atoms with Crippen molar-refractivity contribution in [3.05, 3.63) is 35.4 Å². The molecule has 1 aliphatic rings. The summed E-state index contributed by atoms with van der Waals surface area (Å²) in [6, 6.07) is 6.85. The molecule has 6 nitrogen and oxygen atoms in total. The van der Waals surface area contributed by atoms with Gasteiger partial charge in [-0.2, -0.15) is 0 Å². The van der Waals surface area contributed by atoms with E-state index in [9.17, 15) is 14.4 Å². The van der Waals surface area contributed by atoms with E-state index in [-0.39, 0.29) is 24.4 Å². The first-order valence-corrected chi connectivity index (χ1v) is 7.78. The van der Waals surface area contributed by atoms with Crippen molar-refractivity contribution in [3.8, 4) is 0 Å². The molecule has 0 aliphatic carbocycles. The summed E-state index contributed by atoms with van der Waals surface area (Å²) >= 11 is 0. The number of amides is 2. The van der Waals surface area contributed by atoms with Crippen LogP contribution in [-0.4, -0.2) is 51.8 Å². The molecule has 1 fully saturated rings. The Kier molecular flexibility index (Phi) is 5.36. The highest BCUT2D eigenvalue weighted by Crippen LogP contribution is 2.16. The second kappa shape index (κ2) is 7.26. The van der Waals surface area contributed by atoms with Crippen LogP contribution in [0.25, 0.3) is 0 Å². The maximum Gasteiger partial charge on any atom is 0.323 e. The van der Waals surface area contributed by atoms with Gasteiger partial charge in [0.1, 0.15) is 6.54 Å². The third kappa shape index (κ3) is 4.31. The van der Waals surface area contributed by atoms with E-state index < -0.39 is 5.97 Å². The van der Waals surface area contributed by atoms with Gasteiger partial charge in [-0.15, -0.1) is 0 Å². The fraction of sp³-hybridized carbons (Fsp3) is 0.471. The summed E-state index contributed by atoms with van der Waals surface area (Å²) in [6.45, 7) is 4.47. The van der Waals surface area contributed by atoms with Gasteiger partial charge < -0.3 is 14.9 Å². The number of nitrogens with zero attached hydrogens (tertiary/aromatic N) is 2. The Labute approximate surface area is 135 Å². The van der Waals surface area contributed by atoms with Crippen molar-refractivity contribution in [3.63, 3.8) is 0 Å². The molecule has 1 N–H and O–H groups in total. The number of hydrogen-bond donors (Lipinski definition) is 1. The molecule has 1 aliphatic heterocycles. The molecule has 124 valence electrons. The van der Waals surface area contributed by atoms with Crippen molar-refractivity contribution in [1.82, 2.24) is 9.80 Å². The lowest BCUT2D eigenvalue weighted by molar-refractivity contribution is -0.138. The fourth-order valence-electron chi connectivity index (χ4n) is 2.69. The van der Waals surface area contributed by atoms with E-state index in [2.05, 4.69) is 0 Å². The minimum absolute atomic E-state index is 0.136. The second-order valence-corrected chi connectivity index (χ2v) is 6.04. The van der Waals surface area contributed by atoms with Gasteiger partial charge in [0.25, 0.3) is 5.91 Å². The Hall–Kier alpha value is -2.37. The predicted octanol–water partition coefficient (Wildman–Crippen LogP) is 1.74. The SMILES string of the molecule is CC(C)N(CC(=O)O)C(=O)c1cccc(CN2CCCC2=O)c1. The molecule has 2 amide bonds. The van der Waals surface area contributed by atoms with Crippen molar-refractivity contribution in [2.75, 3.05) is 13.1 Å². The van der Waals surface area contributed by atoms with Gasteiger partial charge in [0.05, 0.1) is 0 Å². The molecule has 2 rings (SSSR count). The molecule has 1 aromatic carbocycles. The number of benzene rings is 1. The monoisotopic (exact) mass is 318 g/mol. The molecule has 0 atom stereocenters. The van der Waals surface area contributed by atoms with E-state index in [1.807, 2.05) is 6.07 Å². The van der Waals surface area contributed by atoms with Crippen molar-refractivity contribution in [2.45, 2.75) is 39.3 Å². The molecule has 0 unspecified atom stereocenters. The number of likely N-dealkylation sites (tertiary alicyclic amines) is 1. The van der Waals surface area contributed by atoms with Gasteiger partial charge in [-0.25, -0.2) is 0 Å². The van der Waals surface area contributed by atoms with Crippen LogP contribution < -0.4 is 0 Å². The smallest absolute Gasteiger partial charge is 0.323 e. The summed E-state index contributed by atoms with van der Waals surface area (Å²) < 4.78 is 0. The molecule has 0 saturated carbocycles. The van der Waals surface area contributed by atoms with E-state index in [0.717, 1.165) is 18.5 Å². The number of rotatable bonds is 6. The predicted molar refractivity (Wildman–Crippen MR) is 84.9 cm³/mol. The molecule has 1 saturated heterocycles. The van der Waals surface area contributed by atoms with Gasteiger partial charge in [0, 0.05) is 31.1 Å². The summed E-state index contributed by atoms with van der Waals surface area (Å²) in [7, 11) is 0. The first-order chi connectivity index (χ1) is 10.9. The number of carboxylic acid groups (broad SMARTS) is 1. The average Bonchev–Trinajstić information content (AvgIpc) is 2.89. The third-order valence-corrected chi connectivity index (χ3v) is 3.91. The lowest BCUT2D eigenvalue weighted by atomic mass is 10.1. The van der Waals surface area contributed by atoms with Crippen molar-refractivity contribution in [2.24, 2.45) is 0 Å². The summed E-state index contributed by atoms with van der Waals surface area (Å²) in [4.78, 5) is 38.3. The van der Waals surface area contributed by atoms with E-state index >= 15 is 0 Å². The average molecular weight is 318 g/mol. The number of carbonyl (C=O) groups is 3. The van der Waals surface area contributed by atoms with Gasteiger partial charge in [-0.3, -0.25) is 14.4 Å². The Morgan fingerprint density at radius 3 is 2.65 bits per heavy atom. The first-order valence-electron chi connectivity index (χ1n) is 7.78. The van der Waals surface area contributed by atoms with E-state index in [1.54, 1.807) is 36.9 Å². The maximum absolute atomic E-state index is 12.6. The Morgan fingerprint density at radius 1 is 1.35 bits per heavy atom. The molecule has 6 heteroatoms. The van der Waals surface area contributed by atoms with Crippen molar-refractivity contribution in [1.29, 1.82) is 0 Å². The lowest BCUT2D eigenvalue weighted by Gasteiger charge is -2.25. The van der Waals surface area contributed by atoms with Crippen LogP contribution in [0.2, 0.25) is 0 Å². The highest BCUT2D eigenvalue weighted by atomic mass is 16.4. The first kappa shape index (κ1) is 17.0. The zero-order chi connectivity index (χ0) is 17.0. The highest BCUT2D eigenvalue weighted by molar-refractivity contribution is 5.96. The molecular weight excluding hydrogens is 296 g/mol. The van der Waals surface area contributed by atoms with Crippen molar-refractivity contribution < 1.29 is 19.5 Å². The standard InChI is InChI=1S/C17H22N2O4/c1-12(2)19(11-16(21)22)17(23)14-6-3-5-13(9-14)10-18-8-4-7-15(18)20/h3,5-6,9,12H,4,7-8,10-11H2,1-2H3,(H,21,22). The normalized spacial score (nSPS) is 14.4. The third-order valence-electron chi connectivity index (χ3n) is 3.91. The lowest BCUT2D eigenvalue weighted by Crippen LogP contribution is -2.40. The Bertz CT molecular complexity index is 612. The molecule has 23 heavy (non-hydrogen) atoms. The zero-order valence-corrected chi connectivity index (χ0v) is 13.5. The number of hydrogen-bond acceptors (Lipinski definition) is 3. The second-order valence-electron chi connectivity index (χ2n) is 6.04. The molecule has 0 radical (unpaired) electrons. The summed E-state index contributed by atoms with van der Waals surface area (Å²) in [5.41, 5.74) is 1.33. The molecule has 1 aromatic rings. The summed E-state index contributed by atoms with van der Waals surface area (Å²) in [6.07, 6.45) is 1.45. The fourth-order valence-corrected chi connectivity index (χ4v) is 2.69. The Morgan fingerprint density at radius 2 is 2.09 bits per heavy atom. The van der Waals surface area contributed by atoms with Crippen LogP contribution in [0.15, 0.2) is 24.3 Å². The van der Waals surface area contributed by atoms with Gasteiger partial charge in [-0.1, -0.05) is 12.1 Å². The molecule has 0 bridgehead atoms. The van der Waals surface area contributed by atoms with Gasteiger partial charge >= 0.3 is 5.97 Å². The zero-order valence-electron chi connectivity index (χ0n) is 13.5. The molecule has 0 spiro atoms. The van der Waals surface area contributed by atoms with Crippen LogP contribution in [-0.2, 0) is 16.1 Å². The van der Waals surface area contributed by atoms with Crippen molar-refractivity contribution >= 4 is 17.8 Å². The number of carbonyl (C=O) groups excluding carboxylic acids is 2. The van der Waals surface area contributed by atoms with E-state index in [4.69, 9.17) is 5.11 Å². The quantitative estimate of drug-likeness (QED) is 0.866. The van der Waals surface area contributed by atoms with E-state index in [1.165, 1.54) is 4.90 Å². The largest absolute Gasteiger partial charge is 0.480 e. The van der Waals surface area contributed by atoms with Gasteiger partial charge in [-0.05, 0) is 38.0 Å². The summed E-state index contributed by atoms with van der Waals surface area (Å²) in [5.74, 6) is -1.21. The van der Waals surface area contributed by atoms with Crippen LogP contribution >= 0.6 is 0 Å². The topological polar surface area (TPSA) is 77.9 Å². The van der Waals surface area contributed by atoms with Crippen LogP contribution in [0.3, 0.4) is 0 Å². The van der Waals surface area contributed by atoms with Crippen LogP contribution in [0.4, 0.5) is 0 Å². The highest BCUT2D eigenvalue weighted by Gasteiger charge is 2.23. The molecule has 1 heterocycles.